The van der Waals surface area contributed by atoms with Gasteiger partial charge in [-0.3, -0.25) is 37.3 Å². The molecule has 0 amide bonds. The first-order valence-electron chi connectivity index (χ1n) is 44.3. The van der Waals surface area contributed by atoms with Gasteiger partial charge in [0, 0.05) is 25.7 Å². The molecule has 0 radical (unpaired) electrons. The third-order valence-electron chi connectivity index (χ3n) is 20.1. The molecule has 0 aliphatic heterocycles. The standard InChI is InChI=1S/C85H166O17P2/c1-5-9-13-17-21-25-29-33-36-38-39-40-42-44-48-52-56-60-64-68-72-85(90)102-81(76-96-83(88)70-66-62-58-54-50-47-43-41-37-34-30-26-22-18-14-10-6-2)78-100-104(93,94)98-74-79(86)73-97-103(91,92)99-77-80(75-95-82(87)69-65-61-57-53-49-45-32-28-24-20-16-12-8-4)101-84(89)71-67-63-59-55-51-46-35-31-27-23-19-15-11-7-3/h79-81,86H,5-78H2,1-4H3,(H,91,92)(H,93,94)/t79-,80+,81+/m0/s1. The maximum Gasteiger partial charge on any atom is 0.472 e. The summed E-state index contributed by atoms with van der Waals surface area (Å²) in [6.07, 6.45) is 73.4. The van der Waals surface area contributed by atoms with Crippen molar-refractivity contribution in [3.63, 3.8) is 0 Å². The lowest BCUT2D eigenvalue weighted by atomic mass is 10.0. The van der Waals surface area contributed by atoms with Gasteiger partial charge < -0.3 is 33.8 Å². The molecule has 0 aliphatic carbocycles. The van der Waals surface area contributed by atoms with E-state index in [1.807, 2.05) is 0 Å². The van der Waals surface area contributed by atoms with Crippen LogP contribution < -0.4 is 0 Å². The molecule has 17 nitrogen and oxygen atoms in total. The monoisotopic (exact) mass is 1520 g/mol. The molecule has 0 aliphatic rings. The van der Waals surface area contributed by atoms with Crippen molar-refractivity contribution in [1.29, 1.82) is 0 Å². The van der Waals surface area contributed by atoms with Crippen LogP contribution in [0.15, 0.2) is 0 Å². The lowest BCUT2D eigenvalue weighted by Gasteiger charge is -2.21. The fourth-order valence-corrected chi connectivity index (χ4v) is 14.9. The van der Waals surface area contributed by atoms with Gasteiger partial charge in [0.2, 0.25) is 0 Å². The van der Waals surface area contributed by atoms with E-state index in [1.54, 1.807) is 0 Å². The Morgan fingerprint density at radius 2 is 0.385 bits per heavy atom. The summed E-state index contributed by atoms with van der Waals surface area (Å²) in [4.78, 5) is 73.2. The van der Waals surface area contributed by atoms with Crippen molar-refractivity contribution >= 4 is 39.5 Å². The van der Waals surface area contributed by atoms with Crippen LogP contribution >= 0.6 is 15.6 Å². The number of hydrogen-bond acceptors (Lipinski definition) is 15. The number of unbranched alkanes of at least 4 members (excludes halogenated alkanes) is 60. The summed E-state index contributed by atoms with van der Waals surface area (Å²) in [6.45, 7) is 5.06. The second-order valence-electron chi connectivity index (χ2n) is 30.6. The van der Waals surface area contributed by atoms with Crippen LogP contribution in [0.25, 0.3) is 0 Å². The largest absolute Gasteiger partial charge is 0.472 e. The van der Waals surface area contributed by atoms with Gasteiger partial charge >= 0.3 is 39.5 Å². The predicted octanol–water partition coefficient (Wildman–Crippen LogP) is 26.1. The van der Waals surface area contributed by atoms with Crippen LogP contribution in [0.3, 0.4) is 0 Å². The van der Waals surface area contributed by atoms with Crippen LogP contribution in [0.1, 0.15) is 464 Å². The Labute approximate surface area is 638 Å². The van der Waals surface area contributed by atoms with Gasteiger partial charge in [0.05, 0.1) is 26.4 Å². The van der Waals surface area contributed by atoms with Crippen molar-refractivity contribution in [3.8, 4) is 0 Å². The predicted molar refractivity (Wildman–Crippen MR) is 428 cm³/mol. The number of aliphatic hydroxyl groups is 1. The number of phosphoric acid groups is 2. The van der Waals surface area contributed by atoms with E-state index >= 15 is 0 Å². The first-order valence-corrected chi connectivity index (χ1v) is 47.3. The van der Waals surface area contributed by atoms with Gasteiger partial charge in [0.1, 0.15) is 19.3 Å². The molecule has 0 aromatic rings. The zero-order valence-electron chi connectivity index (χ0n) is 68.0. The molecular weight excluding hydrogens is 1350 g/mol. The number of esters is 4. The SMILES string of the molecule is CCCCCCCCCCCCCCCCCCCCCCC(=O)O[C@H](COC(=O)CCCCCCCCCCCCCCCCCCC)COP(=O)(O)OC[C@@H](O)COP(=O)(O)OC[C@@H](COC(=O)CCCCCCCCCCCCCCC)OC(=O)CCCCCCCCCCCCCCCC. The number of phosphoric ester groups is 2. The van der Waals surface area contributed by atoms with Crippen molar-refractivity contribution in [1.82, 2.24) is 0 Å². The molecule has 0 saturated heterocycles. The van der Waals surface area contributed by atoms with Gasteiger partial charge in [-0.2, -0.15) is 0 Å². The highest BCUT2D eigenvalue weighted by molar-refractivity contribution is 7.47. The topological polar surface area (TPSA) is 237 Å². The van der Waals surface area contributed by atoms with Gasteiger partial charge in [-0.05, 0) is 25.7 Å². The number of rotatable bonds is 86. The highest BCUT2D eigenvalue weighted by Crippen LogP contribution is 2.45. The lowest BCUT2D eigenvalue weighted by Crippen LogP contribution is -2.30. The molecule has 0 saturated carbocycles. The van der Waals surface area contributed by atoms with Gasteiger partial charge in [-0.15, -0.1) is 0 Å². The normalized spacial score (nSPS) is 13.7. The lowest BCUT2D eigenvalue weighted by molar-refractivity contribution is -0.161. The number of carbonyl (C=O) groups excluding carboxylic acids is 4. The van der Waals surface area contributed by atoms with Crippen LogP contribution in [0.4, 0.5) is 0 Å². The summed E-state index contributed by atoms with van der Waals surface area (Å²) in [6, 6.07) is 0. The molecule has 0 aromatic carbocycles. The van der Waals surface area contributed by atoms with Crippen molar-refractivity contribution in [2.24, 2.45) is 0 Å². The Bertz CT molecular complexity index is 1960. The minimum absolute atomic E-state index is 0.109. The summed E-state index contributed by atoms with van der Waals surface area (Å²) in [5.74, 6) is -2.10. The van der Waals surface area contributed by atoms with Crippen LogP contribution in [0.2, 0.25) is 0 Å². The number of hydrogen-bond donors (Lipinski definition) is 3. The second-order valence-corrected chi connectivity index (χ2v) is 33.5. The van der Waals surface area contributed by atoms with Crippen molar-refractivity contribution in [2.45, 2.75) is 483 Å². The van der Waals surface area contributed by atoms with Crippen molar-refractivity contribution in [3.05, 3.63) is 0 Å². The Morgan fingerprint density at radius 1 is 0.231 bits per heavy atom. The molecule has 0 bridgehead atoms. The molecule has 618 valence electrons. The van der Waals surface area contributed by atoms with Gasteiger partial charge in [0.15, 0.2) is 12.2 Å². The first kappa shape index (κ1) is 102. The fourth-order valence-electron chi connectivity index (χ4n) is 13.3. The van der Waals surface area contributed by atoms with E-state index in [9.17, 15) is 43.2 Å². The minimum Gasteiger partial charge on any atom is -0.462 e. The Kier molecular flexibility index (Phi) is 77.7. The van der Waals surface area contributed by atoms with E-state index in [0.29, 0.717) is 25.7 Å². The van der Waals surface area contributed by atoms with Crippen LogP contribution in [-0.4, -0.2) is 96.7 Å². The second kappa shape index (κ2) is 79.2. The first-order chi connectivity index (χ1) is 50.7. The smallest absolute Gasteiger partial charge is 0.462 e. The molecule has 0 heterocycles. The molecule has 19 heteroatoms. The Hall–Kier alpha value is -1.94. The van der Waals surface area contributed by atoms with Crippen molar-refractivity contribution in [2.75, 3.05) is 39.6 Å². The highest BCUT2D eigenvalue weighted by Gasteiger charge is 2.30. The van der Waals surface area contributed by atoms with Crippen molar-refractivity contribution < 1.29 is 80.2 Å². The summed E-state index contributed by atoms with van der Waals surface area (Å²) in [5, 5.41) is 10.7. The van der Waals surface area contributed by atoms with E-state index in [1.165, 1.54) is 295 Å². The summed E-state index contributed by atoms with van der Waals surface area (Å²) in [5.41, 5.74) is 0. The van der Waals surface area contributed by atoms with Gasteiger partial charge in [-0.25, -0.2) is 9.13 Å². The quantitative estimate of drug-likeness (QED) is 0.0222. The van der Waals surface area contributed by atoms with Gasteiger partial charge in [0.25, 0.3) is 0 Å². The summed E-state index contributed by atoms with van der Waals surface area (Å²) < 4.78 is 68.9. The molecule has 2 unspecified atom stereocenters. The Morgan fingerprint density at radius 3 is 0.567 bits per heavy atom. The molecule has 104 heavy (non-hydrogen) atoms. The summed E-state index contributed by atoms with van der Waals surface area (Å²) in [7, 11) is -9.92. The number of carbonyl (C=O) groups is 4. The molecule has 0 fully saturated rings. The maximum absolute atomic E-state index is 13.1. The molecule has 0 rings (SSSR count). The average molecular weight is 1520 g/mol. The highest BCUT2D eigenvalue weighted by atomic mass is 31.2. The Balaban J connectivity index is 5.25. The molecule has 3 N–H and O–H groups in total. The third-order valence-corrected chi connectivity index (χ3v) is 22.0. The van der Waals surface area contributed by atoms with E-state index in [0.717, 1.165) is 89.9 Å². The average Bonchev–Trinajstić information content (AvgIpc) is 0.951. The number of ether oxygens (including phenoxy) is 4. The fraction of sp³-hybridized carbons (Fsp3) is 0.953. The number of aliphatic hydroxyl groups excluding tert-OH is 1. The third kappa shape index (κ3) is 78.2. The molecule has 0 aromatic heterocycles. The maximum atomic E-state index is 13.1. The van der Waals surface area contributed by atoms with E-state index in [4.69, 9.17) is 37.0 Å². The van der Waals surface area contributed by atoms with Crippen LogP contribution in [-0.2, 0) is 65.4 Å². The van der Waals surface area contributed by atoms with E-state index in [2.05, 4.69) is 27.7 Å². The minimum atomic E-state index is -4.96. The van der Waals surface area contributed by atoms with E-state index in [-0.39, 0.29) is 25.7 Å². The van der Waals surface area contributed by atoms with Crippen LogP contribution in [0, 0.1) is 0 Å². The summed E-state index contributed by atoms with van der Waals surface area (Å²) >= 11 is 0. The molecule has 0 spiro atoms. The molecule has 5 atom stereocenters. The zero-order chi connectivity index (χ0) is 76.0. The van der Waals surface area contributed by atoms with Crippen LogP contribution in [0.5, 0.6) is 0 Å². The molecular formula is C85H166O17P2. The zero-order valence-corrected chi connectivity index (χ0v) is 69.8. The van der Waals surface area contributed by atoms with E-state index < -0.39 is 97.5 Å². The van der Waals surface area contributed by atoms with Gasteiger partial charge in [-0.1, -0.05) is 413 Å².